The molecular weight excluding hydrogens is 268 g/mol. The number of aromatic nitrogens is 2. The van der Waals surface area contributed by atoms with Gasteiger partial charge in [0, 0.05) is 6.20 Å². The number of halogens is 2. The van der Waals surface area contributed by atoms with E-state index in [0.29, 0.717) is 4.68 Å². The molecule has 0 spiro atoms. The van der Waals surface area contributed by atoms with Crippen LogP contribution in [0.3, 0.4) is 0 Å². The predicted molar refractivity (Wildman–Crippen MR) is 64.3 cm³/mol. The second-order valence-electron chi connectivity index (χ2n) is 4.63. The number of carbonyl (C=O) groups excluding carboxylic acids is 2. The molecule has 1 fully saturated rings. The fourth-order valence-electron chi connectivity index (χ4n) is 2.51. The van der Waals surface area contributed by atoms with Gasteiger partial charge in [-0.25, -0.2) is 4.68 Å². The Hall–Kier alpha value is -2.31. The molecule has 0 saturated carbocycles. The average Bonchev–Trinajstić information content (AvgIpc) is 2.99. The lowest BCUT2D eigenvalue weighted by Gasteiger charge is -2.15. The van der Waals surface area contributed by atoms with Crippen LogP contribution in [0.25, 0.3) is 0 Å². The van der Waals surface area contributed by atoms with Crippen molar-refractivity contribution in [3.8, 4) is 0 Å². The van der Waals surface area contributed by atoms with Crippen LogP contribution in [0.5, 0.6) is 0 Å². The van der Waals surface area contributed by atoms with Crippen LogP contribution in [-0.4, -0.2) is 26.5 Å². The Morgan fingerprint density at radius 2 is 1.75 bits per heavy atom. The van der Waals surface area contributed by atoms with Gasteiger partial charge in [-0.2, -0.15) is 13.9 Å². The maximum Gasteiger partial charge on any atom is 0.333 e. The van der Waals surface area contributed by atoms with E-state index in [2.05, 4.69) is 5.10 Å². The molecule has 1 saturated heterocycles. The van der Waals surface area contributed by atoms with Crippen LogP contribution in [0, 0.1) is 11.8 Å². The maximum absolute atomic E-state index is 12.7. The van der Waals surface area contributed by atoms with E-state index in [1.807, 2.05) is 0 Å². The minimum atomic E-state index is -2.80. The zero-order valence-corrected chi connectivity index (χ0v) is 10.3. The first kappa shape index (κ1) is 12.7. The topological polar surface area (TPSA) is 55.2 Å². The highest BCUT2D eigenvalue weighted by Gasteiger charge is 2.45. The van der Waals surface area contributed by atoms with E-state index in [0.717, 1.165) is 4.90 Å². The van der Waals surface area contributed by atoms with Crippen LogP contribution in [0.2, 0.25) is 0 Å². The number of hydrogen-bond donors (Lipinski definition) is 0. The third kappa shape index (κ3) is 1.86. The van der Waals surface area contributed by atoms with Crippen LogP contribution in [0.4, 0.5) is 8.78 Å². The van der Waals surface area contributed by atoms with Gasteiger partial charge in [0.25, 0.3) is 0 Å². The molecular formula is C13H11F2N3O2. The molecule has 3 rings (SSSR count). The summed E-state index contributed by atoms with van der Waals surface area (Å²) < 4.78 is 25.9. The average molecular weight is 279 g/mol. The highest BCUT2D eigenvalue weighted by molar-refractivity contribution is 6.07. The summed E-state index contributed by atoms with van der Waals surface area (Å²) in [6, 6.07) is 1.38. The number of hydrogen-bond acceptors (Lipinski definition) is 3. The summed E-state index contributed by atoms with van der Waals surface area (Å²) >= 11 is 0. The molecule has 104 valence electrons. The normalized spacial score (nSPS) is 24.9. The van der Waals surface area contributed by atoms with Crippen molar-refractivity contribution in [2.75, 3.05) is 0 Å². The number of alkyl halides is 2. The Balaban J connectivity index is 1.86. The molecule has 2 aliphatic rings. The van der Waals surface area contributed by atoms with Gasteiger partial charge in [0.1, 0.15) is 0 Å². The minimum absolute atomic E-state index is 0.133. The monoisotopic (exact) mass is 279 g/mol. The summed E-state index contributed by atoms with van der Waals surface area (Å²) in [5.74, 6) is -1.75. The van der Waals surface area contributed by atoms with Crippen LogP contribution in [0.1, 0.15) is 12.2 Å². The number of likely N-dealkylation sites (tertiary alicyclic amines) is 1. The number of carbonyl (C=O) groups is 2. The summed E-state index contributed by atoms with van der Waals surface area (Å²) in [4.78, 5) is 25.3. The summed E-state index contributed by atoms with van der Waals surface area (Å²) in [5, 5.41) is 3.49. The number of fused-ring (bicyclic) bond motifs is 1. The van der Waals surface area contributed by atoms with Crippen LogP contribution < -0.4 is 0 Å². The van der Waals surface area contributed by atoms with E-state index in [9.17, 15) is 18.4 Å². The number of amides is 2. The Bertz CT molecular complexity index is 591. The van der Waals surface area contributed by atoms with Crippen molar-refractivity contribution >= 4 is 11.8 Å². The van der Waals surface area contributed by atoms with E-state index in [-0.39, 0.29) is 24.1 Å². The molecule has 7 heteroatoms. The minimum Gasteiger partial charge on any atom is -0.275 e. The molecule has 2 atom stereocenters. The van der Waals surface area contributed by atoms with Crippen molar-refractivity contribution < 1.29 is 18.4 Å². The van der Waals surface area contributed by atoms with Gasteiger partial charge < -0.3 is 0 Å². The molecule has 2 amide bonds. The fourth-order valence-corrected chi connectivity index (χ4v) is 2.51. The van der Waals surface area contributed by atoms with Crippen molar-refractivity contribution in [3.63, 3.8) is 0 Å². The first-order valence-corrected chi connectivity index (χ1v) is 6.10. The Labute approximate surface area is 113 Å². The first-order valence-electron chi connectivity index (χ1n) is 6.10. The summed E-state index contributed by atoms with van der Waals surface area (Å²) in [6.45, 7) is -2.98. The van der Waals surface area contributed by atoms with E-state index in [4.69, 9.17) is 0 Å². The molecule has 0 bridgehead atoms. The van der Waals surface area contributed by atoms with Gasteiger partial charge in [-0.1, -0.05) is 24.3 Å². The number of rotatable bonds is 3. The quantitative estimate of drug-likeness (QED) is 0.788. The zero-order chi connectivity index (χ0) is 14.3. The van der Waals surface area contributed by atoms with Crippen molar-refractivity contribution in [1.82, 2.24) is 14.7 Å². The van der Waals surface area contributed by atoms with Crippen LogP contribution >= 0.6 is 0 Å². The summed E-state index contributed by atoms with van der Waals surface area (Å²) in [6.07, 6.45) is 7.96. The largest absolute Gasteiger partial charge is 0.333 e. The standard InChI is InChI=1S/C13H11F2N3O2/c14-13(15)18-8(5-6-16-18)7-17-11(19)9-3-1-2-4-10(9)12(17)20/h1-6,9-10,13H,7H2. The van der Waals surface area contributed by atoms with Gasteiger partial charge in [0.2, 0.25) is 11.8 Å². The van der Waals surface area contributed by atoms with Gasteiger partial charge in [-0.05, 0) is 6.07 Å². The third-order valence-corrected chi connectivity index (χ3v) is 3.49. The van der Waals surface area contributed by atoms with Crippen molar-refractivity contribution in [2.24, 2.45) is 11.8 Å². The lowest BCUT2D eigenvalue weighted by molar-refractivity contribution is -0.140. The number of allylic oxidation sites excluding steroid dienone is 2. The fraction of sp³-hybridized carbons (Fsp3) is 0.308. The Morgan fingerprint density at radius 3 is 2.30 bits per heavy atom. The first-order chi connectivity index (χ1) is 9.59. The number of imide groups is 1. The second-order valence-corrected chi connectivity index (χ2v) is 4.63. The van der Waals surface area contributed by atoms with Crippen molar-refractivity contribution in [2.45, 2.75) is 13.1 Å². The number of nitrogens with zero attached hydrogens (tertiary/aromatic N) is 3. The highest BCUT2D eigenvalue weighted by Crippen LogP contribution is 2.32. The zero-order valence-electron chi connectivity index (χ0n) is 10.3. The molecule has 0 N–H and O–H groups in total. The lowest BCUT2D eigenvalue weighted by Crippen LogP contribution is -2.31. The molecule has 1 aliphatic heterocycles. The second kappa shape index (κ2) is 4.66. The predicted octanol–water partition coefficient (Wildman–Crippen LogP) is 1.51. The Morgan fingerprint density at radius 1 is 1.15 bits per heavy atom. The maximum atomic E-state index is 12.7. The van der Waals surface area contributed by atoms with Gasteiger partial charge in [0.05, 0.1) is 24.1 Å². The molecule has 5 nitrogen and oxygen atoms in total. The molecule has 1 aliphatic carbocycles. The third-order valence-electron chi connectivity index (χ3n) is 3.49. The van der Waals surface area contributed by atoms with Gasteiger partial charge in [-0.3, -0.25) is 14.5 Å². The summed E-state index contributed by atoms with van der Waals surface area (Å²) in [5.41, 5.74) is 0.133. The summed E-state index contributed by atoms with van der Waals surface area (Å²) in [7, 11) is 0. The SMILES string of the molecule is O=C1C2C=CC=CC2C(=O)N1Cc1ccnn1C(F)F. The van der Waals surface area contributed by atoms with Crippen molar-refractivity contribution in [3.05, 3.63) is 42.3 Å². The lowest BCUT2D eigenvalue weighted by atomic mass is 9.91. The smallest absolute Gasteiger partial charge is 0.275 e. The van der Waals surface area contributed by atoms with E-state index < -0.39 is 18.4 Å². The molecule has 2 heterocycles. The highest BCUT2D eigenvalue weighted by atomic mass is 19.3. The molecule has 0 radical (unpaired) electrons. The van der Waals surface area contributed by atoms with Crippen LogP contribution in [-0.2, 0) is 16.1 Å². The van der Waals surface area contributed by atoms with Crippen LogP contribution in [0.15, 0.2) is 36.6 Å². The Kier molecular flexibility index (Phi) is 2.96. The molecule has 20 heavy (non-hydrogen) atoms. The molecule has 1 aromatic heterocycles. The van der Waals surface area contributed by atoms with E-state index in [1.54, 1.807) is 24.3 Å². The van der Waals surface area contributed by atoms with E-state index in [1.165, 1.54) is 12.3 Å². The molecule has 0 aromatic carbocycles. The molecule has 1 aromatic rings. The van der Waals surface area contributed by atoms with Gasteiger partial charge in [0.15, 0.2) is 0 Å². The van der Waals surface area contributed by atoms with Crippen molar-refractivity contribution in [1.29, 1.82) is 0 Å². The van der Waals surface area contributed by atoms with Gasteiger partial charge in [-0.15, -0.1) is 0 Å². The van der Waals surface area contributed by atoms with Gasteiger partial charge >= 0.3 is 6.55 Å². The van der Waals surface area contributed by atoms with E-state index >= 15 is 0 Å². The molecule has 2 unspecified atom stereocenters.